The maximum absolute atomic E-state index is 12.1. The van der Waals surface area contributed by atoms with Gasteiger partial charge in [-0.1, -0.05) is 0 Å². The molecule has 0 saturated heterocycles. The molecule has 2 atom stereocenters. The molecule has 4 rings (SSSR count). The highest BCUT2D eigenvalue weighted by atomic mass is 32.2. The van der Waals surface area contributed by atoms with Crippen LogP contribution in [-0.2, 0) is 21.6 Å². The fraction of sp³-hybridized carbons (Fsp3) is 0.609. The minimum Gasteiger partial charge on any atom is -0.446 e. The summed E-state index contributed by atoms with van der Waals surface area (Å²) in [7, 11) is 0. The van der Waals surface area contributed by atoms with Gasteiger partial charge >= 0.3 is 6.09 Å². The van der Waals surface area contributed by atoms with Gasteiger partial charge in [-0.3, -0.25) is 0 Å². The van der Waals surface area contributed by atoms with E-state index in [9.17, 15) is 4.79 Å². The summed E-state index contributed by atoms with van der Waals surface area (Å²) in [6.07, 6.45) is 4.96. The van der Waals surface area contributed by atoms with Crippen molar-refractivity contribution in [3.8, 4) is 0 Å². The quantitative estimate of drug-likeness (QED) is 0.593. The monoisotopic (exact) mass is 459 g/mol. The molecule has 2 N–H and O–H groups in total. The van der Waals surface area contributed by atoms with Gasteiger partial charge in [-0.15, -0.1) is 11.8 Å². The van der Waals surface area contributed by atoms with Gasteiger partial charge in [0.1, 0.15) is 17.7 Å². The maximum Gasteiger partial charge on any atom is 0.407 e. The van der Waals surface area contributed by atoms with Crippen LogP contribution in [-0.4, -0.2) is 46.4 Å². The second-order valence-corrected chi connectivity index (χ2v) is 10.3. The zero-order chi connectivity index (χ0) is 22.7. The van der Waals surface area contributed by atoms with Crippen molar-refractivity contribution in [1.29, 1.82) is 0 Å². The number of alkyl carbamates (subject to hydrolysis) is 1. The molecule has 9 heteroatoms. The number of carbonyl (C=O) groups excluding carboxylic acids is 1. The molecule has 0 aromatic carbocycles. The van der Waals surface area contributed by atoms with Crippen molar-refractivity contribution in [2.24, 2.45) is 0 Å². The van der Waals surface area contributed by atoms with Crippen LogP contribution in [0.2, 0.25) is 0 Å². The number of nitrogens with zero attached hydrogens (tertiary/aromatic N) is 3. The van der Waals surface area contributed by atoms with Crippen molar-refractivity contribution in [3.05, 3.63) is 29.6 Å². The highest BCUT2D eigenvalue weighted by molar-refractivity contribution is 7.98. The van der Waals surface area contributed by atoms with Crippen molar-refractivity contribution in [2.75, 3.05) is 24.7 Å². The van der Waals surface area contributed by atoms with Gasteiger partial charge in [-0.2, -0.15) is 5.10 Å². The van der Waals surface area contributed by atoms with Gasteiger partial charge in [0.2, 0.25) is 0 Å². The van der Waals surface area contributed by atoms with Gasteiger partial charge < -0.3 is 20.1 Å². The maximum atomic E-state index is 12.1. The van der Waals surface area contributed by atoms with E-state index in [1.165, 1.54) is 0 Å². The predicted molar refractivity (Wildman–Crippen MR) is 126 cm³/mol. The molecule has 2 aromatic rings. The molecule has 0 spiro atoms. The lowest BCUT2D eigenvalue weighted by Gasteiger charge is -2.23. The van der Waals surface area contributed by atoms with E-state index in [-0.39, 0.29) is 23.7 Å². The van der Waals surface area contributed by atoms with Gasteiger partial charge in [0.15, 0.2) is 0 Å². The minimum absolute atomic E-state index is 0.0752. The summed E-state index contributed by atoms with van der Waals surface area (Å²) in [5, 5.41) is 11.3. The zero-order valence-corrected chi connectivity index (χ0v) is 20.1. The van der Waals surface area contributed by atoms with E-state index < -0.39 is 0 Å². The van der Waals surface area contributed by atoms with Crippen LogP contribution in [0.15, 0.2) is 23.1 Å². The van der Waals surface area contributed by atoms with Crippen LogP contribution in [0.3, 0.4) is 0 Å². The van der Waals surface area contributed by atoms with Gasteiger partial charge in [0, 0.05) is 30.0 Å². The van der Waals surface area contributed by atoms with Crippen molar-refractivity contribution < 1.29 is 14.3 Å². The number of carbonyl (C=O) groups is 1. The number of aromatic nitrogens is 3. The summed E-state index contributed by atoms with van der Waals surface area (Å²) in [6.45, 7) is 7.90. The fourth-order valence-electron chi connectivity index (χ4n) is 4.20. The molecule has 0 unspecified atom stereocenters. The largest absolute Gasteiger partial charge is 0.446 e. The Morgan fingerprint density at radius 3 is 2.84 bits per heavy atom. The molecule has 2 aromatic heterocycles. The average Bonchev–Trinajstić information content (AvgIpc) is 3.36. The first kappa shape index (κ1) is 22.9. The molecule has 2 aliphatic rings. The standard InChI is InChI=1S/C23H33N5O3S/c1-23(2,3)28-21-13-19(27-28)15-6-7-17(10-15)31-22(29)24-8-5-9-30-14-16-11-18(32-4)12-20(25-16)26-21/h11-13,15,17H,5-10,14H2,1-4H3,(H,24,29)(H,25,26)/t15-,17+/m0/s1. The van der Waals surface area contributed by atoms with E-state index in [0.29, 0.717) is 19.8 Å². The highest BCUT2D eigenvalue weighted by Gasteiger charge is 2.32. The Morgan fingerprint density at radius 1 is 1.22 bits per heavy atom. The van der Waals surface area contributed by atoms with Crippen LogP contribution >= 0.6 is 11.8 Å². The van der Waals surface area contributed by atoms with Crippen molar-refractivity contribution in [2.45, 2.75) is 75.5 Å². The number of anilines is 2. The smallest absolute Gasteiger partial charge is 0.407 e. The zero-order valence-electron chi connectivity index (χ0n) is 19.3. The lowest BCUT2D eigenvalue weighted by Crippen LogP contribution is -2.29. The number of ether oxygens (including phenoxy) is 2. The third-order valence-electron chi connectivity index (χ3n) is 5.77. The molecule has 1 amide bonds. The summed E-state index contributed by atoms with van der Waals surface area (Å²) in [5.74, 6) is 1.96. The van der Waals surface area contributed by atoms with Crippen molar-refractivity contribution >= 4 is 29.5 Å². The molecule has 1 aliphatic heterocycles. The molecule has 1 saturated carbocycles. The van der Waals surface area contributed by atoms with Crippen LogP contribution in [0.25, 0.3) is 0 Å². The van der Waals surface area contributed by atoms with Gasteiger partial charge in [0.05, 0.1) is 23.5 Å². The van der Waals surface area contributed by atoms with Crippen LogP contribution in [0, 0.1) is 0 Å². The molecule has 174 valence electrons. The van der Waals surface area contributed by atoms with E-state index in [0.717, 1.165) is 53.6 Å². The summed E-state index contributed by atoms with van der Waals surface area (Å²) in [5.41, 5.74) is 1.70. The molecule has 32 heavy (non-hydrogen) atoms. The average molecular weight is 460 g/mol. The first-order chi connectivity index (χ1) is 15.3. The molecule has 0 radical (unpaired) electrons. The van der Waals surface area contributed by atoms with Crippen molar-refractivity contribution in [1.82, 2.24) is 20.1 Å². The first-order valence-corrected chi connectivity index (χ1v) is 12.5. The summed E-state index contributed by atoms with van der Waals surface area (Å²) in [6, 6.07) is 6.22. The van der Waals surface area contributed by atoms with Crippen LogP contribution in [0.1, 0.15) is 63.8 Å². The molecule has 1 fully saturated rings. The third-order valence-corrected chi connectivity index (χ3v) is 6.48. The number of nitrogens with one attached hydrogen (secondary N) is 2. The number of rotatable bonds is 1. The first-order valence-electron chi connectivity index (χ1n) is 11.3. The van der Waals surface area contributed by atoms with Gasteiger partial charge in [-0.25, -0.2) is 14.5 Å². The Hall–Kier alpha value is -2.26. The Bertz CT molecular complexity index is 956. The van der Waals surface area contributed by atoms with Crippen LogP contribution in [0.4, 0.5) is 16.4 Å². The summed E-state index contributed by atoms with van der Waals surface area (Å²) in [4.78, 5) is 18.1. The van der Waals surface area contributed by atoms with Crippen LogP contribution in [0.5, 0.6) is 0 Å². The number of pyridine rings is 1. The molecule has 8 nitrogen and oxygen atoms in total. The lowest BCUT2D eigenvalue weighted by atomic mass is 10.0. The SMILES string of the molecule is CSc1cc2nc(c1)Nc1cc(nn1C(C)(C)C)[C@H]1CC[C@H](C1)OC(=O)NCCCOC2. The van der Waals surface area contributed by atoms with Crippen LogP contribution < -0.4 is 10.6 Å². The molecular formula is C23H33N5O3S. The normalized spacial score (nSPS) is 22.3. The van der Waals surface area contributed by atoms with Gasteiger partial charge in [0.25, 0.3) is 0 Å². The minimum atomic E-state index is -0.349. The van der Waals surface area contributed by atoms with E-state index in [1.54, 1.807) is 11.8 Å². The van der Waals surface area contributed by atoms with Gasteiger partial charge in [-0.05, 0) is 64.8 Å². The van der Waals surface area contributed by atoms with Crippen molar-refractivity contribution in [3.63, 3.8) is 0 Å². The Balaban J connectivity index is 1.67. The van der Waals surface area contributed by atoms with E-state index in [1.807, 2.05) is 4.68 Å². The Labute approximate surface area is 193 Å². The second-order valence-electron chi connectivity index (χ2n) is 9.42. The Kier molecular flexibility index (Phi) is 6.95. The number of amides is 1. The number of thioether (sulfide) groups is 1. The number of fused-ring (bicyclic) bond motifs is 7. The summed E-state index contributed by atoms with van der Waals surface area (Å²) >= 11 is 1.68. The summed E-state index contributed by atoms with van der Waals surface area (Å²) < 4.78 is 13.5. The van der Waals surface area contributed by atoms with E-state index in [2.05, 4.69) is 55.9 Å². The highest BCUT2D eigenvalue weighted by Crippen LogP contribution is 2.38. The molecule has 3 heterocycles. The van der Waals surface area contributed by atoms with E-state index in [4.69, 9.17) is 19.6 Å². The molecule has 6 bridgehead atoms. The second kappa shape index (κ2) is 9.70. The van der Waals surface area contributed by atoms with E-state index >= 15 is 0 Å². The predicted octanol–water partition coefficient (Wildman–Crippen LogP) is 4.78. The number of hydrogen-bond acceptors (Lipinski definition) is 7. The molecular weight excluding hydrogens is 426 g/mol. The third kappa shape index (κ3) is 5.56. The molecule has 1 aliphatic carbocycles. The Morgan fingerprint density at radius 2 is 2.06 bits per heavy atom. The number of hydrogen-bond donors (Lipinski definition) is 2. The topological polar surface area (TPSA) is 90.3 Å². The lowest BCUT2D eigenvalue weighted by molar-refractivity contribution is 0.0956. The fourth-order valence-corrected chi connectivity index (χ4v) is 4.68.